The summed E-state index contributed by atoms with van der Waals surface area (Å²) in [5, 5.41) is 13.5. The number of carbonyl (C=O) groups is 1. The van der Waals surface area contributed by atoms with Gasteiger partial charge in [0.05, 0.1) is 16.7 Å². The van der Waals surface area contributed by atoms with Crippen molar-refractivity contribution < 1.29 is 23.1 Å². The van der Waals surface area contributed by atoms with Crippen LogP contribution in [0.4, 0.5) is 13.2 Å². The first kappa shape index (κ1) is 24.1. The SMILES string of the molecule is CCCCn1cc(C(=O)NCc2ccc(C)cc2)c(O)c(-c2cccc(C(F)(F)F)c2)c1=O. The molecule has 0 bridgehead atoms. The number of amides is 1. The summed E-state index contributed by atoms with van der Waals surface area (Å²) < 4.78 is 40.9. The number of aromatic hydroxyl groups is 1. The standard InChI is InChI=1S/C25H25F3N2O3/c1-3-4-12-30-15-20(23(32)29-14-17-10-8-16(2)9-11-17)22(31)21(24(30)33)18-6-5-7-19(13-18)25(26,27)28/h5-11,13,15,31H,3-4,12,14H2,1-2H3,(H,29,32). The average molecular weight is 458 g/mol. The first-order valence-corrected chi connectivity index (χ1v) is 10.6. The normalized spacial score (nSPS) is 11.4. The predicted molar refractivity (Wildman–Crippen MR) is 120 cm³/mol. The maximum Gasteiger partial charge on any atom is 0.416 e. The number of unbranched alkanes of at least 4 members (excludes halogenated alkanes) is 1. The number of benzene rings is 2. The zero-order valence-corrected chi connectivity index (χ0v) is 18.4. The van der Waals surface area contributed by atoms with Gasteiger partial charge in [-0.2, -0.15) is 13.2 Å². The van der Waals surface area contributed by atoms with Crippen LogP contribution in [-0.4, -0.2) is 15.6 Å². The molecule has 0 aliphatic heterocycles. The van der Waals surface area contributed by atoms with Crippen molar-refractivity contribution in [2.75, 3.05) is 0 Å². The van der Waals surface area contributed by atoms with E-state index < -0.39 is 29.0 Å². The molecule has 2 aromatic carbocycles. The van der Waals surface area contributed by atoms with Crippen molar-refractivity contribution in [3.8, 4) is 16.9 Å². The summed E-state index contributed by atoms with van der Waals surface area (Å²) in [6, 6.07) is 11.7. The molecule has 0 spiro atoms. The Morgan fingerprint density at radius 1 is 1.12 bits per heavy atom. The van der Waals surface area contributed by atoms with E-state index in [4.69, 9.17) is 0 Å². The fourth-order valence-electron chi connectivity index (χ4n) is 3.41. The molecule has 1 aromatic heterocycles. The van der Waals surface area contributed by atoms with Crippen LogP contribution in [0.15, 0.2) is 59.5 Å². The van der Waals surface area contributed by atoms with E-state index in [-0.39, 0.29) is 29.8 Å². The van der Waals surface area contributed by atoms with Crippen molar-refractivity contribution in [2.45, 2.75) is 46.0 Å². The highest BCUT2D eigenvalue weighted by molar-refractivity contribution is 5.98. The van der Waals surface area contributed by atoms with E-state index in [9.17, 15) is 27.9 Å². The monoisotopic (exact) mass is 458 g/mol. The number of rotatable bonds is 7. The Morgan fingerprint density at radius 2 is 1.82 bits per heavy atom. The average Bonchev–Trinajstić information content (AvgIpc) is 2.78. The molecule has 0 unspecified atom stereocenters. The van der Waals surface area contributed by atoms with Gasteiger partial charge in [0, 0.05) is 19.3 Å². The zero-order chi connectivity index (χ0) is 24.2. The third-order valence-corrected chi connectivity index (χ3v) is 5.30. The predicted octanol–water partition coefficient (Wildman–Crippen LogP) is 5.28. The summed E-state index contributed by atoms with van der Waals surface area (Å²) in [6.45, 7) is 4.31. The summed E-state index contributed by atoms with van der Waals surface area (Å²) in [7, 11) is 0. The van der Waals surface area contributed by atoms with Gasteiger partial charge in [0.2, 0.25) is 0 Å². The molecule has 0 aliphatic rings. The van der Waals surface area contributed by atoms with E-state index in [1.807, 2.05) is 38.1 Å². The van der Waals surface area contributed by atoms with Crippen molar-refractivity contribution in [1.82, 2.24) is 9.88 Å². The number of carbonyl (C=O) groups excluding carboxylic acids is 1. The highest BCUT2D eigenvalue weighted by atomic mass is 19.4. The molecule has 3 aromatic rings. The first-order valence-electron chi connectivity index (χ1n) is 10.6. The van der Waals surface area contributed by atoms with Gasteiger partial charge in [-0.3, -0.25) is 9.59 Å². The molecular formula is C25H25F3N2O3. The quantitative estimate of drug-likeness (QED) is 0.506. The fraction of sp³-hybridized carbons (Fsp3) is 0.280. The lowest BCUT2D eigenvalue weighted by Gasteiger charge is -2.16. The van der Waals surface area contributed by atoms with E-state index in [1.165, 1.54) is 16.8 Å². The molecule has 0 radical (unpaired) electrons. The Balaban J connectivity index is 2.04. The summed E-state index contributed by atoms with van der Waals surface area (Å²) in [5.74, 6) is -1.28. The second-order valence-electron chi connectivity index (χ2n) is 7.87. The van der Waals surface area contributed by atoms with E-state index in [0.717, 1.165) is 35.7 Å². The van der Waals surface area contributed by atoms with E-state index >= 15 is 0 Å². The Kier molecular flexibility index (Phi) is 7.26. The van der Waals surface area contributed by atoms with Gasteiger partial charge in [-0.25, -0.2) is 0 Å². The van der Waals surface area contributed by atoms with Crippen LogP contribution in [0.5, 0.6) is 5.75 Å². The van der Waals surface area contributed by atoms with Crippen molar-refractivity contribution in [2.24, 2.45) is 0 Å². The molecule has 3 rings (SSSR count). The highest BCUT2D eigenvalue weighted by Gasteiger charge is 2.31. The van der Waals surface area contributed by atoms with Crippen LogP contribution in [0.3, 0.4) is 0 Å². The van der Waals surface area contributed by atoms with Gasteiger partial charge < -0.3 is 15.0 Å². The zero-order valence-electron chi connectivity index (χ0n) is 18.4. The fourth-order valence-corrected chi connectivity index (χ4v) is 3.41. The number of halogens is 3. The second-order valence-corrected chi connectivity index (χ2v) is 7.87. The molecule has 0 saturated carbocycles. The molecular weight excluding hydrogens is 433 g/mol. The number of aryl methyl sites for hydroxylation is 2. The first-order chi connectivity index (χ1) is 15.6. The molecule has 2 N–H and O–H groups in total. The van der Waals surface area contributed by atoms with E-state index in [2.05, 4.69) is 5.32 Å². The van der Waals surface area contributed by atoms with Gasteiger partial charge in [-0.1, -0.05) is 55.3 Å². The third-order valence-electron chi connectivity index (χ3n) is 5.30. The number of aromatic nitrogens is 1. The lowest BCUT2D eigenvalue weighted by Crippen LogP contribution is -2.28. The minimum atomic E-state index is -4.62. The van der Waals surface area contributed by atoms with Crippen LogP contribution in [-0.2, 0) is 19.3 Å². The van der Waals surface area contributed by atoms with Crippen LogP contribution in [0.1, 0.15) is 46.8 Å². The van der Waals surface area contributed by atoms with Crippen molar-refractivity contribution in [3.05, 3.63) is 87.3 Å². The number of nitrogens with zero attached hydrogens (tertiary/aromatic N) is 1. The molecule has 1 heterocycles. The van der Waals surface area contributed by atoms with E-state index in [1.54, 1.807) is 0 Å². The van der Waals surface area contributed by atoms with E-state index in [0.29, 0.717) is 6.42 Å². The molecule has 1 amide bonds. The number of hydrogen-bond donors (Lipinski definition) is 2. The number of alkyl halides is 3. The number of hydrogen-bond acceptors (Lipinski definition) is 3. The summed E-state index contributed by atoms with van der Waals surface area (Å²) in [6.07, 6.45) is -1.97. The van der Waals surface area contributed by atoms with Gasteiger partial charge >= 0.3 is 6.18 Å². The molecule has 8 heteroatoms. The van der Waals surface area contributed by atoms with Crippen molar-refractivity contribution in [3.63, 3.8) is 0 Å². The largest absolute Gasteiger partial charge is 0.506 e. The molecule has 0 saturated heterocycles. The molecule has 5 nitrogen and oxygen atoms in total. The van der Waals surface area contributed by atoms with Gasteiger partial charge in [0.25, 0.3) is 11.5 Å². The summed E-state index contributed by atoms with van der Waals surface area (Å²) in [5.41, 5.74) is -0.318. The lowest BCUT2D eigenvalue weighted by atomic mass is 10.0. The Labute approximate surface area is 189 Å². The van der Waals surface area contributed by atoms with Gasteiger partial charge in [-0.05, 0) is 36.6 Å². The van der Waals surface area contributed by atoms with Crippen molar-refractivity contribution in [1.29, 1.82) is 0 Å². The lowest BCUT2D eigenvalue weighted by molar-refractivity contribution is -0.137. The Morgan fingerprint density at radius 3 is 2.45 bits per heavy atom. The van der Waals surface area contributed by atoms with Crippen LogP contribution >= 0.6 is 0 Å². The summed E-state index contributed by atoms with van der Waals surface area (Å²) in [4.78, 5) is 25.9. The van der Waals surface area contributed by atoms with Crippen LogP contribution in [0.25, 0.3) is 11.1 Å². The number of nitrogens with one attached hydrogen (secondary N) is 1. The maximum absolute atomic E-state index is 13.2. The van der Waals surface area contributed by atoms with Gasteiger partial charge in [0.1, 0.15) is 5.75 Å². The number of pyridine rings is 1. The third kappa shape index (κ3) is 5.63. The second kappa shape index (κ2) is 9.94. The van der Waals surface area contributed by atoms with Gasteiger partial charge in [0.15, 0.2) is 0 Å². The molecule has 0 aliphatic carbocycles. The van der Waals surface area contributed by atoms with Gasteiger partial charge in [-0.15, -0.1) is 0 Å². The Bertz CT molecular complexity index is 1200. The molecule has 33 heavy (non-hydrogen) atoms. The van der Waals surface area contributed by atoms with Crippen molar-refractivity contribution >= 4 is 5.91 Å². The maximum atomic E-state index is 13.2. The Hall–Kier alpha value is -3.55. The topological polar surface area (TPSA) is 71.3 Å². The minimum absolute atomic E-state index is 0.106. The molecule has 0 fully saturated rings. The molecule has 174 valence electrons. The highest BCUT2D eigenvalue weighted by Crippen LogP contribution is 2.34. The minimum Gasteiger partial charge on any atom is -0.506 e. The smallest absolute Gasteiger partial charge is 0.416 e. The summed E-state index contributed by atoms with van der Waals surface area (Å²) >= 11 is 0. The molecule has 0 atom stereocenters. The van der Waals surface area contributed by atoms with Crippen LogP contribution in [0.2, 0.25) is 0 Å². The van der Waals surface area contributed by atoms with Crippen LogP contribution in [0, 0.1) is 6.92 Å². The van der Waals surface area contributed by atoms with Crippen LogP contribution < -0.4 is 10.9 Å².